The van der Waals surface area contributed by atoms with E-state index in [1.165, 1.54) is 0 Å². The number of nitrogens with zero attached hydrogens (tertiary/aromatic N) is 1. The Morgan fingerprint density at radius 2 is 2.00 bits per heavy atom. The third kappa shape index (κ3) is 1.79. The van der Waals surface area contributed by atoms with E-state index >= 15 is 0 Å². The molecule has 4 nitrogen and oxygen atoms in total. The second-order valence-electron chi connectivity index (χ2n) is 5.07. The number of thioether (sulfide) groups is 1. The van der Waals surface area contributed by atoms with Crippen molar-refractivity contribution in [2.75, 3.05) is 6.26 Å². The zero-order valence-electron chi connectivity index (χ0n) is 11.8. The number of aromatic hydroxyl groups is 1. The fraction of sp³-hybridized carbons (Fsp3) is 0.0588. The number of carbonyl (C=O) groups is 1. The van der Waals surface area contributed by atoms with Gasteiger partial charge in [-0.25, -0.2) is 4.99 Å². The van der Waals surface area contributed by atoms with E-state index in [4.69, 9.17) is 0 Å². The smallest absolute Gasteiger partial charge is 0.214 e. The van der Waals surface area contributed by atoms with Crippen LogP contribution < -0.4 is 0 Å². The van der Waals surface area contributed by atoms with Crippen LogP contribution in [0.3, 0.4) is 0 Å². The van der Waals surface area contributed by atoms with Crippen molar-refractivity contribution in [3.63, 3.8) is 0 Å². The molecule has 0 saturated heterocycles. The summed E-state index contributed by atoms with van der Waals surface area (Å²) in [5.74, 6) is -0.172. The number of H-pyrrole nitrogens is 1. The van der Waals surface area contributed by atoms with E-state index in [1.54, 1.807) is 23.9 Å². The van der Waals surface area contributed by atoms with Gasteiger partial charge in [-0.1, -0.05) is 12.1 Å². The Kier molecular flexibility index (Phi) is 2.84. The molecule has 2 aromatic carbocycles. The van der Waals surface area contributed by atoms with Crippen molar-refractivity contribution in [2.45, 2.75) is 4.90 Å². The first-order chi connectivity index (χ1) is 10.7. The molecule has 0 amide bonds. The summed E-state index contributed by atoms with van der Waals surface area (Å²) in [4.78, 5) is 21.0. The van der Waals surface area contributed by atoms with E-state index in [-0.39, 0.29) is 11.7 Å². The molecule has 5 heteroatoms. The lowest BCUT2D eigenvalue weighted by molar-refractivity contribution is 0.107. The first-order valence-electron chi connectivity index (χ1n) is 6.80. The van der Waals surface area contributed by atoms with Gasteiger partial charge in [0, 0.05) is 21.4 Å². The van der Waals surface area contributed by atoms with Crippen molar-refractivity contribution >= 4 is 39.8 Å². The average molecular weight is 308 g/mol. The minimum Gasteiger partial charge on any atom is -0.494 e. The molecular weight excluding hydrogens is 296 g/mol. The van der Waals surface area contributed by atoms with Crippen LogP contribution in [-0.2, 0) is 0 Å². The quantitative estimate of drug-likeness (QED) is 0.705. The van der Waals surface area contributed by atoms with Crippen molar-refractivity contribution in [3.05, 3.63) is 53.6 Å². The number of fused-ring (bicyclic) bond motifs is 2. The highest BCUT2D eigenvalue weighted by molar-refractivity contribution is 7.98. The summed E-state index contributed by atoms with van der Waals surface area (Å²) in [7, 11) is 0. The van der Waals surface area contributed by atoms with Crippen LogP contribution >= 0.6 is 11.8 Å². The molecule has 0 saturated carbocycles. The summed E-state index contributed by atoms with van der Waals surface area (Å²) < 4.78 is 0. The topological polar surface area (TPSA) is 65.4 Å². The van der Waals surface area contributed by atoms with Crippen LogP contribution in [-0.4, -0.2) is 27.8 Å². The first kappa shape index (κ1) is 13.2. The van der Waals surface area contributed by atoms with E-state index in [0.29, 0.717) is 22.5 Å². The molecule has 0 fully saturated rings. The van der Waals surface area contributed by atoms with Crippen molar-refractivity contribution in [3.8, 4) is 5.88 Å². The highest BCUT2D eigenvalue weighted by atomic mass is 32.2. The van der Waals surface area contributed by atoms with E-state index in [0.717, 1.165) is 15.8 Å². The number of para-hydroxylation sites is 1. The van der Waals surface area contributed by atoms with Crippen LogP contribution in [0.2, 0.25) is 0 Å². The molecule has 0 unspecified atom stereocenters. The number of carbonyl (C=O) groups excluding carboxylic acids is 1. The molecule has 0 spiro atoms. The number of hydrogen-bond acceptors (Lipinski definition) is 4. The molecule has 1 aromatic heterocycles. The number of nitrogens with one attached hydrogen (secondary N) is 1. The number of aromatic nitrogens is 1. The number of hydrogen-bond donors (Lipinski definition) is 2. The van der Waals surface area contributed by atoms with E-state index < -0.39 is 0 Å². The van der Waals surface area contributed by atoms with Gasteiger partial charge >= 0.3 is 0 Å². The minimum atomic E-state index is -0.152. The Morgan fingerprint density at radius 1 is 1.18 bits per heavy atom. The Bertz CT molecular complexity index is 956. The second-order valence-corrected chi connectivity index (χ2v) is 5.95. The number of benzene rings is 2. The fourth-order valence-electron chi connectivity index (χ4n) is 2.75. The Labute approximate surface area is 130 Å². The largest absolute Gasteiger partial charge is 0.494 e. The number of aromatic amines is 1. The van der Waals surface area contributed by atoms with Crippen LogP contribution in [0.25, 0.3) is 10.9 Å². The Hall–Kier alpha value is -2.53. The van der Waals surface area contributed by atoms with E-state index in [1.807, 2.05) is 36.6 Å². The van der Waals surface area contributed by atoms with Crippen molar-refractivity contribution in [1.82, 2.24) is 4.98 Å². The SMILES string of the molecule is CSc1ccc2[nH]c(O)c(C3=Nc4ccccc4C3=O)c2c1. The molecule has 1 aliphatic rings. The van der Waals surface area contributed by atoms with Gasteiger partial charge in [-0.3, -0.25) is 4.79 Å². The summed E-state index contributed by atoms with van der Waals surface area (Å²) in [5, 5.41) is 11.1. The Balaban J connectivity index is 1.96. The molecule has 0 radical (unpaired) electrons. The van der Waals surface area contributed by atoms with E-state index in [2.05, 4.69) is 9.98 Å². The molecule has 3 aromatic rings. The molecule has 22 heavy (non-hydrogen) atoms. The van der Waals surface area contributed by atoms with Gasteiger partial charge in [0.2, 0.25) is 5.78 Å². The maximum atomic E-state index is 12.6. The molecule has 2 N–H and O–H groups in total. The lowest BCUT2D eigenvalue weighted by atomic mass is 10.0. The van der Waals surface area contributed by atoms with E-state index in [9.17, 15) is 9.90 Å². The maximum absolute atomic E-state index is 12.6. The molecule has 108 valence electrons. The van der Waals surface area contributed by atoms with Gasteiger partial charge in [0.1, 0.15) is 5.71 Å². The van der Waals surface area contributed by atoms with Crippen LogP contribution in [0.4, 0.5) is 5.69 Å². The molecule has 4 rings (SSSR count). The van der Waals surface area contributed by atoms with Gasteiger partial charge < -0.3 is 10.1 Å². The van der Waals surface area contributed by atoms with Crippen LogP contribution in [0.5, 0.6) is 5.88 Å². The zero-order chi connectivity index (χ0) is 15.3. The monoisotopic (exact) mass is 308 g/mol. The van der Waals surface area contributed by atoms with Gasteiger partial charge in [-0.2, -0.15) is 0 Å². The number of rotatable bonds is 2. The van der Waals surface area contributed by atoms with Crippen LogP contribution in [0.1, 0.15) is 15.9 Å². The highest BCUT2D eigenvalue weighted by Gasteiger charge is 2.29. The van der Waals surface area contributed by atoms with Gasteiger partial charge in [0.05, 0.1) is 11.3 Å². The second kappa shape index (κ2) is 4.74. The highest BCUT2D eigenvalue weighted by Crippen LogP contribution is 2.36. The minimum absolute atomic E-state index is 0.0202. The molecule has 0 aliphatic carbocycles. The lowest BCUT2D eigenvalue weighted by Crippen LogP contribution is -2.10. The standard InChI is InChI=1S/C17H12N2O2S/c1-22-9-6-7-13-11(8-9)14(17(21)19-13)15-16(20)10-4-2-3-5-12(10)18-15/h2-8,19,21H,1H3. The number of Topliss-reactive ketones (excluding diaryl/α,β-unsaturated/α-hetero) is 1. The summed E-state index contributed by atoms with van der Waals surface area (Å²) in [6.45, 7) is 0. The fourth-order valence-corrected chi connectivity index (χ4v) is 3.19. The Morgan fingerprint density at radius 3 is 2.77 bits per heavy atom. The number of ketones is 1. The first-order valence-corrected chi connectivity index (χ1v) is 8.03. The molecular formula is C17H12N2O2S. The zero-order valence-corrected chi connectivity index (χ0v) is 12.6. The molecule has 0 atom stereocenters. The van der Waals surface area contributed by atoms with Crippen molar-refractivity contribution in [1.29, 1.82) is 0 Å². The normalized spacial score (nSPS) is 13.5. The lowest BCUT2D eigenvalue weighted by Gasteiger charge is -2.00. The third-order valence-electron chi connectivity index (χ3n) is 3.82. The summed E-state index contributed by atoms with van der Waals surface area (Å²) in [6.07, 6.45) is 1.99. The van der Waals surface area contributed by atoms with Gasteiger partial charge in [0.15, 0.2) is 5.88 Å². The predicted molar refractivity (Wildman–Crippen MR) is 88.7 cm³/mol. The molecule has 0 bridgehead atoms. The van der Waals surface area contributed by atoms with Gasteiger partial charge in [-0.15, -0.1) is 11.8 Å². The summed E-state index contributed by atoms with van der Waals surface area (Å²) in [6, 6.07) is 13.1. The maximum Gasteiger partial charge on any atom is 0.214 e. The molecule has 1 aliphatic heterocycles. The average Bonchev–Trinajstić information content (AvgIpc) is 3.03. The van der Waals surface area contributed by atoms with Gasteiger partial charge in [0.25, 0.3) is 0 Å². The predicted octanol–water partition coefficient (Wildman–Crippen LogP) is 3.91. The molecule has 2 heterocycles. The van der Waals surface area contributed by atoms with Crippen molar-refractivity contribution in [2.24, 2.45) is 4.99 Å². The number of aliphatic imine (C=N–C) groups is 1. The summed E-state index contributed by atoms with van der Waals surface area (Å²) in [5.41, 5.74) is 2.79. The van der Waals surface area contributed by atoms with Gasteiger partial charge in [-0.05, 0) is 36.6 Å². The van der Waals surface area contributed by atoms with Crippen LogP contribution in [0.15, 0.2) is 52.4 Å². The summed E-state index contributed by atoms with van der Waals surface area (Å²) >= 11 is 1.61. The third-order valence-corrected chi connectivity index (χ3v) is 4.54. The van der Waals surface area contributed by atoms with Crippen LogP contribution in [0, 0.1) is 0 Å². The van der Waals surface area contributed by atoms with Crippen molar-refractivity contribution < 1.29 is 9.90 Å².